The molecule has 0 saturated carbocycles. The average Bonchev–Trinajstić information content (AvgIpc) is 2.57. The van der Waals surface area contributed by atoms with Gasteiger partial charge < -0.3 is 10.2 Å². The quantitative estimate of drug-likeness (QED) is 0.482. The first-order valence-electron chi connectivity index (χ1n) is 5.64. The monoisotopic (exact) mass is 290 g/mol. The third-order valence-electron chi connectivity index (χ3n) is 3.01. The molecule has 0 unspecified atom stereocenters. The Morgan fingerprint density at radius 2 is 1.74 bits per heavy atom. The molecule has 0 aliphatic carbocycles. The van der Waals surface area contributed by atoms with E-state index >= 15 is 0 Å². The highest BCUT2D eigenvalue weighted by Crippen LogP contribution is 2.10. The van der Waals surface area contributed by atoms with Crippen molar-refractivity contribution in [3.8, 4) is 0 Å². The Hall–Kier alpha value is -1.67. The van der Waals surface area contributed by atoms with Gasteiger partial charge in [0.1, 0.15) is 6.54 Å². The fourth-order valence-corrected chi connectivity index (χ4v) is 1.90. The van der Waals surface area contributed by atoms with Crippen LogP contribution in [0.3, 0.4) is 0 Å². The fraction of sp³-hybridized carbons (Fsp3) is 0.600. The van der Waals surface area contributed by atoms with E-state index < -0.39 is 17.8 Å². The Bertz CT molecular complexity index is 422. The van der Waals surface area contributed by atoms with E-state index in [1.165, 1.54) is 7.05 Å². The molecule has 0 spiro atoms. The number of imide groups is 2. The molecule has 2 saturated heterocycles. The summed E-state index contributed by atoms with van der Waals surface area (Å²) in [6, 6.07) is -0.742. The lowest BCUT2D eigenvalue weighted by Gasteiger charge is -2.28. The Morgan fingerprint density at radius 1 is 1.16 bits per heavy atom. The first-order chi connectivity index (χ1) is 8.52. The van der Waals surface area contributed by atoms with Crippen molar-refractivity contribution in [2.75, 3.05) is 39.8 Å². The second kappa shape index (κ2) is 5.98. The molecule has 2 heterocycles. The van der Waals surface area contributed by atoms with Crippen molar-refractivity contribution in [3.63, 3.8) is 0 Å². The van der Waals surface area contributed by atoms with E-state index in [9.17, 15) is 19.2 Å². The number of hydrogen-bond donors (Lipinski definition) is 1. The number of nitrogens with zero attached hydrogens (tertiary/aromatic N) is 3. The number of hydrogen-bond acceptors (Lipinski definition) is 5. The summed E-state index contributed by atoms with van der Waals surface area (Å²) >= 11 is 0. The molecule has 0 aromatic heterocycles. The molecule has 9 heteroatoms. The van der Waals surface area contributed by atoms with Gasteiger partial charge in [0.15, 0.2) is 0 Å². The van der Waals surface area contributed by atoms with Gasteiger partial charge in [0.25, 0.3) is 0 Å². The van der Waals surface area contributed by atoms with Gasteiger partial charge >= 0.3 is 17.8 Å². The summed E-state index contributed by atoms with van der Waals surface area (Å²) in [5.41, 5.74) is 0. The van der Waals surface area contributed by atoms with E-state index in [1.54, 1.807) is 4.90 Å². The number of piperazine rings is 1. The summed E-state index contributed by atoms with van der Waals surface area (Å²) in [6.45, 7) is 2.09. The van der Waals surface area contributed by atoms with E-state index in [0.29, 0.717) is 36.0 Å². The molecular weight excluding hydrogens is 276 g/mol. The van der Waals surface area contributed by atoms with Crippen LogP contribution in [-0.2, 0) is 14.4 Å². The number of carbonyl (C=O) groups excluding carboxylic acids is 4. The second-order valence-corrected chi connectivity index (χ2v) is 4.17. The Labute approximate surface area is 116 Å². The molecule has 0 atom stereocenters. The number of nitrogens with one attached hydrogen (secondary N) is 1. The maximum atomic E-state index is 11.9. The smallest absolute Gasteiger partial charge is 0.334 e. The summed E-state index contributed by atoms with van der Waals surface area (Å²) in [4.78, 5) is 49.2. The summed E-state index contributed by atoms with van der Waals surface area (Å²) in [6.07, 6.45) is 0. The van der Waals surface area contributed by atoms with Gasteiger partial charge in [0, 0.05) is 33.2 Å². The van der Waals surface area contributed by atoms with Crippen LogP contribution in [0.1, 0.15) is 0 Å². The molecule has 2 fully saturated rings. The van der Waals surface area contributed by atoms with Crippen LogP contribution in [0, 0.1) is 0 Å². The van der Waals surface area contributed by atoms with E-state index in [1.807, 2.05) is 0 Å². The normalized spacial score (nSPS) is 19.8. The van der Waals surface area contributed by atoms with Gasteiger partial charge in [-0.2, -0.15) is 0 Å². The van der Waals surface area contributed by atoms with Crippen molar-refractivity contribution in [2.45, 2.75) is 0 Å². The van der Waals surface area contributed by atoms with Crippen LogP contribution in [0.25, 0.3) is 0 Å². The lowest BCUT2D eigenvalue weighted by atomic mass is 10.3. The van der Waals surface area contributed by atoms with Crippen molar-refractivity contribution in [2.24, 2.45) is 0 Å². The largest absolute Gasteiger partial charge is 0.339 e. The zero-order valence-corrected chi connectivity index (χ0v) is 11.2. The van der Waals surface area contributed by atoms with Crippen LogP contribution in [0.4, 0.5) is 4.79 Å². The van der Waals surface area contributed by atoms with Gasteiger partial charge in [0.2, 0.25) is 5.91 Å². The Morgan fingerprint density at radius 3 is 2.21 bits per heavy atom. The zero-order chi connectivity index (χ0) is 13.3. The summed E-state index contributed by atoms with van der Waals surface area (Å²) in [7, 11) is 1.22. The van der Waals surface area contributed by atoms with Crippen LogP contribution in [0.2, 0.25) is 0 Å². The highest BCUT2D eigenvalue weighted by molar-refractivity contribution is 6.44. The van der Waals surface area contributed by atoms with Crippen LogP contribution in [-0.4, -0.2) is 78.2 Å². The summed E-state index contributed by atoms with van der Waals surface area (Å²) in [5.74, 6) is -2.15. The van der Waals surface area contributed by atoms with Crippen LogP contribution < -0.4 is 5.32 Å². The molecule has 1 N–H and O–H groups in total. The number of rotatable bonds is 2. The zero-order valence-electron chi connectivity index (χ0n) is 10.4. The van der Waals surface area contributed by atoms with Crippen LogP contribution in [0.15, 0.2) is 0 Å². The lowest BCUT2D eigenvalue weighted by Crippen LogP contribution is -2.50. The maximum Gasteiger partial charge on any atom is 0.334 e. The van der Waals surface area contributed by atoms with E-state index in [2.05, 4.69) is 5.32 Å². The third kappa shape index (κ3) is 2.85. The Balaban J connectivity index is 0.00000180. The summed E-state index contributed by atoms with van der Waals surface area (Å²) in [5, 5.41) is 3.09. The maximum absolute atomic E-state index is 11.9. The van der Waals surface area contributed by atoms with E-state index in [4.69, 9.17) is 0 Å². The molecule has 0 radical (unpaired) electrons. The van der Waals surface area contributed by atoms with E-state index in [-0.39, 0.29) is 24.9 Å². The van der Waals surface area contributed by atoms with Crippen LogP contribution >= 0.6 is 12.4 Å². The number of likely N-dealkylation sites (N-methyl/N-ethyl adjacent to an activating group) is 1. The van der Waals surface area contributed by atoms with Crippen molar-refractivity contribution >= 4 is 36.2 Å². The minimum absolute atomic E-state index is 0. The average molecular weight is 291 g/mol. The Kier molecular flexibility index (Phi) is 4.84. The SMILES string of the molecule is CN1C(=O)C(=O)N(CC(=O)N2CCNCC2)C1=O.Cl. The van der Waals surface area contributed by atoms with Crippen molar-refractivity contribution < 1.29 is 19.2 Å². The molecule has 106 valence electrons. The number of amides is 5. The minimum atomic E-state index is -0.939. The standard InChI is InChI=1S/C10H14N4O4.ClH/c1-12-8(16)9(17)14(10(12)18)6-7(15)13-4-2-11-3-5-13;/h11H,2-6H2,1H3;1H. The fourth-order valence-electron chi connectivity index (χ4n) is 1.90. The third-order valence-corrected chi connectivity index (χ3v) is 3.01. The van der Waals surface area contributed by atoms with E-state index in [0.717, 1.165) is 0 Å². The molecular formula is C10H15ClN4O4. The van der Waals surface area contributed by atoms with Gasteiger partial charge in [-0.05, 0) is 0 Å². The lowest BCUT2D eigenvalue weighted by molar-refractivity contribution is -0.144. The number of urea groups is 1. The topological polar surface area (TPSA) is 90.0 Å². The van der Waals surface area contributed by atoms with Gasteiger partial charge in [0.05, 0.1) is 0 Å². The summed E-state index contributed by atoms with van der Waals surface area (Å²) < 4.78 is 0. The van der Waals surface area contributed by atoms with Crippen molar-refractivity contribution in [1.29, 1.82) is 0 Å². The number of carbonyl (C=O) groups is 4. The predicted molar refractivity (Wildman–Crippen MR) is 66.6 cm³/mol. The molecule has 19 heavy (non-hydrogen) atoms. The molecule has 0 bridgehead atoms. The molecule has 2 rings (SSSR count). The molecule has 8 nitrogen and oxygen atoms in total. The first kappa shape index (κ1) is 15.4. The van der Waals surface area contributed by atoms with Gasteiger partial charge in [-0.3, -0.25) is 19.3 Å². The minimum Gasteiger partial charge on any atom is -0.339 e. The van der Waals surface area contributed by atoms with Gasteiger partial charge in [-0.1, -0.05) is 0 Å². The first-order valence-corrected chi connectivity index (χ1v) is 5.64. The molecule has 5 amide bonds. The van der Waals surface area contributed by atoms with Crippen LogP contribution in [0.5, 0.6) is 0 Å². The van der Waals surface area contributed by atoms with Gasteiger partial charge in [-0.15, -0.1) is 12.4 Å². The molecule has 0 aromatic carbocycles. The second-order valence-electron chi connectivity index (χ2n) is 4.17. The highest BCUT2D eigenvalue weighted by atomic mass is 35.5. The molecule has 2 aliphatic heterocycles. The molecule has 0 aromatic rings. The predicted octanol–water partition coefficient (Wildman–Crippen LogP) is -1.74. The van der Waals surface area contributed by atoms with Crippen molar-refractivity contribution in [1.82, 2.24) is 20.0 Å². The molecule has 2 aliphatic rings. The van der Waals surface area contributed by atoms with Crippen molar-refractivity contribution in [3.05, 3.63) is 0 Å². The number of halogens is 1. The van der Waals surface area contributed by atoms with Gasteiger partial charge in [-0.25, -0.2) is 9.69 Å². The highest BCUT2D eigenvalue weighted by Gasteiger charge is 2.43.